The maximum absolute atomic E-state index is 14.0. The van der Waals surface area contributed by atoms with E-state index in [0.29, 0.717) is 35.6 Å². The average molecular weight is 617 g/mol. The smallest absolute Gasteiger partial charge is 0.281 e. The van der Waals surface area contributed by atoms with Crippen LogP contribution >= 0.6 is 11.3 Å². The monoisotopic (exact) mass is 616 g/mol. The van der Waals surface area contributed by atoms with Gasteiger partial charge in [-0.25, -0.2) is 14.7 Å². The third-order valence-electron chi connectivity index (χ3n) is 7.94. The number of aryl methyl sites for hydroxylation is 2. The summed E-state index contributed by atoms with van der Waals surface area (Å²) in [6.45, 7) is 7.31. The molecule has 0 aliphatic carbocycles. The second-order valence-corrected chi connectivity index (χ2v) is 13.5. The number of sulfonamides is 1. The minimum Gasteiger partial charge on any atom is -0.490 e. The van der Waals surface area contributed by atoms with Crippen LogP contribution in [0.1, 0.15) is 41.3 Å². The number of aromatic nitrogens is 2. The number of hydrogen-bond donors (Lipinski definition) is 2. The van der Waals surface area contributed by atoms with Crippen LogP contribution < -0.4 is 15.2 Å². The Kier molecular flexibility index (Phi) is 7.80. The lowest BCUT2D eigenvalue weighted by molar-refractivity contribution is 0.0243. The van der Waals surface area contributed by atoms with Crippen LogP contribution in [0.5, 0.6) is 5.75 Å². The van der Waals surface area contributed by atoms with Gasteiger partial charge in [0.25, 0.3) is 15.9 Å². The zero-order chi connectivity index (χ0) is 30.3. The molecule has 43 heavy (non-hydrogen) atoms. The number of nitrogens with two attached hydrogens (primary N) is 1. The summed E-state index contributed by atoms with van der Waals surface area (Å²) >= 11 is 1.58. The van der Waals surface area contributed by atoms with E-state index in [-0.39, 0.29) is 28.4 Å². The molecule has 0 radical (unpaired) electrons. The summed E-state index contributed by atoms with van der Waals surface area (Å²) in [5.74, 6) is -0.0337. The number of carbonyl (C=O) groups excluding carboxylic acids is 1. The number of hydrogen-bond acceptors (Lipinski definition) is 9. The molecule has 4 heterocycles. The quantitative estimate of drug-likeness (QED) is 0.227. The van der Waals surface area contributed by atoms with Crippen LogP contribution in [-0.2, 0) is 14.8 Å². The lowest BCUT2D eigenvalue weighted by atomic mass is 9.94. The van der Waals surface area contributed by atoms with Crippen molar-refractivity contribution in [3.8, 4) is 16.3 Å². The third kappa shape index (κ3) is 5.67. The molecule has 222 valence electrons. The van der Waals surface area contributed by atoms with Crippen LogP contribution in [0.4, 0.5) is 5.82 Å². The van der Waals surface area contributed by atoms with E-state index in [1.807, 2.05) is 51.1 Å². The van der Waals surface area contributed by atoms with Crippen LogP contribution in [0.2, 0.25) is 0 Å². The number of anilines is 1. The summed E-state index contributed by atoms with van der Waals surface area (Å²) < 4.78 is 41.9. The Balaban J connectivity index is 1.51. The van der Waals surface area contributed by atoms with E-state index in [1.165, 1.54) is 18.2 Å². The van der Waals surface area contributed by atoms with Crippen LogP contribution in [0, 0.1) is 19.8 Å². The number of nitrogen functional groups attached to an aromatic ring is 1. The molecule has 1 fully saturated rings. The first kappa shape index (κ1) is 29.0. The van der Waals surface area contributed by atoms with E-state index < -0.39 is 15.9 Å². The van der Waals surface area contributed by atoms with E-state index in [0.717, 1.165) is 38.9 Å². The Hall–Kier alpha value is -4.06. The largest absolute Gasteiger partial charge is 0.490 e. The highest BCUT2D eigenvalue weighted by molar-refractivity contribution is 7.90. The van der Waals surface area contributed by atoms with Gasteiger partial charge in [0, 0.05) is 17.9 Å². The minimum atomic E-state index is -4.33. The minimum absolute atomic E-state index is 0.0284. The van der Waals surface area contributed by atoms with E-state index in [9.17, 15) is 13.2 Å². The van der Waals surface area contributed by atoms with Crippen molar-refractivity contribution in [2.45, 2.75) is 44.7 Å². The summed E-state index contributed by atoms with van der Waals surface area (Å²) in [5, 5.41) is 1.21. The molecular weight excluding hydrogens is 585 g/mol. The first-order valence-corrected chi connectivity index (χ1v) is 16.4. The first-order valence-electron chi connectivity index (χ1n) is 14.1. The van der Waals surface area contributed by atoms with Gasteiger partial charge in [-0.1, -0.05) is 30.3 Å². The maximum atomic E-state index is 14.0. The first-order chi connectivity index (χ1) is 20.6. The van der Waals surface area contributed by atoms with Gasteiger partial charge in [-0.2, -0.15) is 8.42 Å². The van der Waals surface area contributed by atoms with Gasteiger partial charge in [0.1, 0.15) is 11.6 Å². The summed E-state index contributed by atoms with van der Waals surface area (Å²) in [5.41, 5.74) is 8.88. The zero-order valence-electron chi connectivity index (χ0n) is 24.1. The molecule has 0 unspecified atom stereocenters. The molecular formula is C32H32N4O5S2. The summed E-state index contributed by atoms with van der Waals surface area (Å²) in [7, 11) is -4.33. The van der Waals surface area contributed by atoms with Crippen molar-refractivity contribution < 1.29 is 22.7 Å². The van der Waals surface area contributed by atoms with Gasteiger partial charge in [-0.3, -0.25) is 4.79 Å². The molecule has 0 spiro atoms. The Morgan fingerprint density at radius 2 is 1.84 bits per heavy atom. The van der Waals surface area contributed by atoms with Gasteiger partial charge in [0.15, 0.2) is 5.03 Å². The fraction of sp³-hybridized carbons (Fsp3) is 0.281. The lowest BCUT2D eigenvalue weighted by Crippen LogP contribution is -2.32. The van der Waals surface area contributed by atoms with Gasteiger partial charge < -0.3 is 15.2 Å². The fourth-order valence-corrected chi connectivity index (χ4v) is 7.66. The number of nitrogens with one attached hydrogen (secondary N) is 1. The highest BCUT2D eigenvalue weighted by Gasteiger charge is 2.28. The van der Waals surface area contributed by atoms with Gasteiger partial charge in [0.2, 0.25) is 0 Å². The Morgan fingerprint density at radius 1 is 1.07 bits per heavy atom. The number of amides is 1. The molecule has 2 aromatic carbocycles. The molecule has 5 aromatic rings. The molecule has 0 saturated carbocycles. The molecule has 1 amide bonds. The lowest BCUT2D eigenvalue weighted by Gasteiger charge is -2.29. The van der Waals surface area contributed by atoms with E-state index in [4.69, 9.17) is 20.2 Å². The van der Waals surface area contributed by atoms with E-state index in [1.54, 1.807) is 17.4 Å². The van der Waals surface area contributed by atoms with Gasteiger partial charge in [-0.15, -0.1) is 11.3 Å². The number of rotatable bonds is 7. The van der Waals surface area contributed by atoms with E-state index >= 15 is 0 Å². The van der Waals surface area contributed by atoms with Crippen molar-refractivity contribution in [2.75, 3.05) is 18.9 Å². The Labute approximate surface area is 254 Å². The SMILES string of the molecule is Cc1c(-c2cc(C(=O)NS(=O)(=O)c3cccc(N)n3)c3c(O[C@H](C)C4CCOCC4)ccc(C)c3n2)sc2ccccc12. The predicted molar refractivity (Wildman–Crippen MR) is 169 cm³/mol. The Morgan fingerprint density at radius 3 is 2.58 bits per heavy atom. The summed E-state index contributed by atoms with van der Waals surface area (Å²) in [6.07, 6.45) is 1.59. The van der Waals surface area contributed by atoms with Crippen LogP contribution in [-0.4, -0.2) is 43.6 Å². The maximum Gasteiger partial charge on any atom is 0.281 e. The molecule has 9 nitrogen and oxygen atoms in total. The number of carbonyl (C=O) groups is 1. The van der Waals surface area contributed by atoms with Crippen LogP contribution in [0.15, 0.2) is 65.7 Å². The number of pyridine rings is 2. The van der Waals surface area contributed by atoms with Gasteiger partial charge >= 0.3 is 0 Å². The summed E-state index contributed by atoms with van der Waals surface area (Å²) in [6, 6.07) is 17.7. The van der Waals surface area contributed by atoms with Crippen molar-refractivity contribution in [1.82, 2.24) is 14.7 Å². The molecule has 0 bridgehead atoms. The molecule has 1 aliphatic rings. The molecule has 11 heteroatoms. The Bertz CT molecular complexity index is 1970. The van der Waals surface area contributed by atoms with Gasteiger partial charge in [-0.05, 0) is 86.4 Å². The molecule has 6 rings (SSSR count). The number of ether oxygens (including phenoxy) is 2. The predicted octanol–water partition coefficient (Wildman–Crippen LogP) is 6.02. The molecule has 1 atom stereocenters. The zero-order valence-corrected chi connectivity index (χ0v) is 25.7. The number of benzene rings is 2. The highest BCUT2D eigenvalue weighted by atomic mass is 32.2. The van der Waals surface area contributed by atoms with Crippen molar-refractivity contribution in [1.29, 1.82) is 0 Å². The number of thiophene rings is 1. The second kappa shape index (κ2) is 11.6. The molecule has 3 aromatic heterocycles. The second-order valence-electron chi connectivity index (χ2n) is 10.8. The fourth-order valence-electron chi connectivity index (χ4n) is 5.55. The summed E-state index contributed by atoms with van der Waals surface area (Å²) in [4.78, 5) is 23.8. The topological polar surface area (TPSA) is 134 Å². The normalized spacial score (nSPS) is 15.0. The average Bonchev–Trinajstić information content (AvgIpc) is 3.34. The van der Waals surface area contributed by atoms with Crippen molar-refractivity contribution >= 4 is 54.1 Å². The molecule has 1 saturated heterocycles. The van der Waals surface area contributed by atoms with Gasteiger partial charge in [0.05, 0.1) is 33.1 Å². The van der Waals surface area contributed by atoms with Crippen LogP contribution in [0.3, 0.4) is 0 Å². The van der Waals surface area contributed by atoms with Crippen LogP contribution in [0.25, 0.3) is 31.6 Å². The molecule has 1 aliphatic heterocycles. The number of nitrogens with zero attached hydrogens (tertiary/aromatic N) is 2. The molecule has 3 N–H and O–H groups in total. The standard InChI is InChI=1S/C32H32N4O5S2/c1-18-11-12-25(41-20(3)21-13-15-40-16-14-21)29-23(32(37)36-43(38,39)28-10-6-9-27(33)35-28)17-24(34-30(18)29)31-19(2)22-7-4-5-8-26(22)42-31/h4-12,17,20-21H,13-16H2,1-3H3,(H2,33,35)(H,36,37)/t20-/m1/s1. The van der Waals surface area contributed by atoms with Crippen molar-refractivity contribution in [3.63, 3.8) is 0 Å². The number of fused-ring (bicyclic) bond motifs is 2. The van der Waals surface area contributed by atoms with Crippen molar-refractivity contribution in [3.05, 3.63) is 77.4 Å². The third-order valence-corrected chi connectivity index (χ3v) is 10.5. The van der Waals surface area contributed by atoms with E-state index in [2.05, 4.69) is 15.8 Å². The van der Waals surface area contributed by atoms with Crippen molar-refractivity contribution in [2.24, 2.45) is 5.92 Å². The highest BCUT2D eigenvalue weighted by Crippen LogP contribution is 2.41.